The van der Waals surface area contributed by atoms with Crippen molar-refractivity contribution >= 4 is 11.6 Å². The van der Waals surface area contributed by atoms with Crippen LogP contribution in [-0.2, 0) is 4.79 Å². The van der Waals surface area contributed by atoms with Crippen molar-refractivity contribution in [3.63, 3.8) is 0 Å². The Labute approximate surface area is 149 Å². The molecule has 7 heteroatoms. The van der Waals surface area contributed by atoms with E-state index >= 15 is 0 Å². The van der Waals surface area contributed by atoms with Gasteiger partial charge in [0, 0.05) is 23.1 Å². The molecule has 5 atom stereocenters. The Balaban J connectivity index is 2.05. The van der Waals surface area contributed by atoms with Crippen LogP contribution in [0.2, 0.25) is 0 Å². The number of carbonyl (C=O) groups is 2. The third-order valence-electron chi connectivity index (χ3n) is 6.00. The molecule has 1 aromatic rings. The van der Waals surface area contributed by atoms with Gasteiger partial charge in [0.2, 0.25) is 5.78 Å². The van der Waals surface area contributed by atoms with Crippen LogP contribution in [0.3, 0.4) is 0 Å². The fourth-order valence-electron chi connectivity index (χ4n) is 4.81. The van der Waals surface area contributed by atoms with E-state index in [9.17, 15) is 35.1 Å². The van der Waals surface area contributed by atoms with E-state index in [0.717, 1.165) is 0 Å². The predicted octanol–water partition coefficient (Wildman–Crippen LogP) is 0.144. The van der Waals surface area contributed by atoms with Gasteiger partial charge in [0.05, 0.1) is 6.10 Å². The molecule has 0 heterocycles. The van der Waals surface area contributed by atoms with E-state index in [-0.39, 0.29) is 35.5 Å². The second-order valence-electron chi connectivity index (χ2n) is 7.64. The van der Waals surface area contributed by atoms with E-state index in [4.69, 9.17) is 0 Å². The lowest BCUT2D eigenvalue weighted by Crippen LogP contribution is -2.73. The number of fused-ring (bicyclic) bond motifs is 3. The molecule has 7 nitrogen and oxygen atoms in total. The second kappa shape index (κ2) is 5.23. The average molecular weight is 360 g/mol. The Morgan fingerprint density at radius 3 is 2.46 bits per heavy atom. The zero-order valence-electron chi connectivity index (χ0n) is 14.1. The first kappa shape index (κ1) is 17.4. The highest BCUT2D eigenvalue weighted by Crippen LogP contribution is 2.56. The number of aromatic hydroxyl groups is 1. The summed E-state index contributed by atoms with van der Waals surface area (Å²) in [5.74, 6) is -1.93. The predicted molar refractivity (Wildman–Crippen MR) is 88.4 cm³/mol. The van der Waals surface area contributed by atoms with Crippen LogP contribution in [0.1, 0.15) is 48.2 Å². The third kappa shape index (κ3) is 1.81. The normalized spacial score (nSPS) is 39.3. The number of phenols is 1. The van der Waals surface area contributed by atoms with Crippen molar-refractivity contribution in [3.8, 4) is 5.75 Å². The number of carbonyl (C=O) groups excluding carboxylic acids is 2. The summed E-state index contributed by atoms with van der Waals surface area (Å²) < 4.78 is 0. The van der Waals surface area contributed by atoms with Gasteiger partial charge in [0.15, 0.2) is 17.0 Å². The van der Waals surface area contributed by atoms with Crippen molar-refractivity contribution in [2.24, 2.45) is 5.92 Å². The molecule has 0 bridgehead atoms. The molecule has 3 aliphatic carbocycles. The molecule has 0 saturated heterocycles. The topological polar surface area (TPSA) is 135 Å². The number of Topliss-reactive ketones (excluding diaryl/α,β-unsaturated/α-hetero) is 2. The van der Waals surface area contributed by atoms with E-state index in [1.54, 1.807) is 0 Å². The summed E-state index contributed by atoms with van der Waals surface area (Å²) >= 11 is 0. The average Bonchev–Trinajstić information content (AvgIpc) is 2.56. The molecular formula is C19H20O7. The summed E-state index contributed by atoms with van der Waals surface area (Å²) in [5, 5.41) is 54.0. The molecule has 0 radical (unpaired) electrons. The number of rotatable bonds is 0. The maximum Gasteiger partial charge on any atom is 0.202 e. The van der Waals surface area contributed by atoms with Crippen LogP contribution in [0.25, 0.3) is 0 Å². The van der Waals surface area contributed by atoms with Gasteiger partial charge in [-0.15, -0.1) is 0 Å². The van der Waals surface area contributed by atoms with Crippen molar-refractivity contribution in [3.05, 3.63) is 40.5 Å². The molecule has 5 N–H and O–H groups in total. The molecule has 0 spiro atoms. The van der Waals surface area contributed by atoms with Gasteiger partial charge in [-0.2, -0.15) is 0 Å². The lowest BCUT2D eigenvalue weighted by atomic mass is 9.54. The van der Waals surface area contributed by atoms with Crippen molar-refractivity contribution in [1.29, 1.82) is 0 Å². The molecule has 0 saturated carbocycles. The Kier molecular flexibility index (Phi) is 3.49. The summed E-state index contributed by atoms with van der Waals surface area (Å²) in [5.41, 5.74) is -5.73. The molecule has 0 aromatic heterocycles. The van der Waals surface area contributed by atoms with Gasteiger partial charge in [0.1, 0.15) is 11.9 Å². The number of phenolic OH excluding ortho intramolecular Hbond substituents is 1. The highest BCUT2D eigenvalue weighted by molar-refractivity contribution is 6.16. The second-order valence-corrected chi connectivity index (χ2v) is 7.64. The standard InChI is InChI=1S/C19H20O7/c1-8-5-9-7-13(22)18(25)17(24)14-10(3-2-4-11(14)20)16(23)19(18,26)15(9)12(21)6-8/h2-4,8,13,17,20,22,24-26H,5-7H2,1H3. The first-order valence-electron chi connectivity index (χ1n) is 8.57. The van der Waals surface area contributed by atoms with Gasteiger partial charge in [-0.05, 0) is 24.8 Å². The molecule has 4 rings (SSSR count). The van der Waals surface area contributed by atoms with Crippen LogP contribution >= 0.6 is 0 Å². The van der Waals surface area contributed by atoms with Crippen molar-refractivity contribution in [1.82, 2.24) is 0 Å². The van der Waals surface area contributed by atoms with E-state index in [1.807, 2.05) is 6.92 Å². The van der Waals surface area contributed by atoms with E-state index < -0.39 is 40.7 Å². The molecule has 138 valence electrons. The van der Waals surface area contributed by atoms with Crippen LogP contribution in [-0.4, -0.2) is 54.4 Å². The van der Waals surface area contributed by atoms with Crippen LogP contribution in [0.4, 0.5) is 0 Å². The fraction of sp³-hybridized carbons (Fsp3) is 0.474. The Morgan fingerprint density at radius 1 is 1.08 bits per heavy atom. The Morgan fingerprint density at radius 2 is 1.77 bits per heavy atom. The zero-order valence-corrected chi connectivity index (χ0v) is 14.1. The van der Waals surface area contributed by atoms with Crippen molar-refractivity contribution in [2.75, 3.05) is 0 Å². The molecule has 0 aliphatic heterocycles. The van der Waals surface area contributed by atoms with Gasteiger partial charge in [-0.3, -0.25) is 9.59 Å². The summed E-state index contributed by atoms with van der Waals surface area (Å²) in [4.78, 5) is 25.9. The van der Waals surface area contributed by atoms with Gasteiger partial charge in [0.25, 0.3) is 0 Å². The number of hydrogen-bond acceptors (Lipinski definition) is 7. The SMILES string of the molecule is CC1CC(=O)C2=C(C1)CC(O)C1(O)C(O)c3c(O)cccc3C(=O)C21O. The summed E-state index contributed by atoms with van der Waals surface area (Å²) in [6.45, 7) is 1.85. The molecule has 26 heavy (non-hydrogen) atoms. The molecule has 0 amide bonds. The highest BCUT2D eigenvalue weighted by atomic mass is 16.4. The molecule has 5 unspecified atom stereocenters. The van der Waals surface area contributed by atoms with Crippen LogP contribution < -0.4 is 0 Å². The van der Waals surface area contributed by atoms with E-state index in [2.05, 4.69) is 0 Å². The lowest BCUT2D eigenvalue weighted by Gasteiger charge is -2.55. The summed E-state index contributed by atoms with van der Waals surface area (Å²) in [6.07, 6.45) is -3.26. The fourth-order valence-corrected chi connectivity index (χ4v) is 4.81. The van der Waals surface area contributed by atoms with Crippen LogP contribution in [0.5, 0.6) is 5.75 Å². The van der Waals surface area contributed by atoms with Gasteiger partial charge in [-0.1, -0.05) is 24.6 Å². The van der Waals surface area contributed by atoms with Crippen LogP contribution in [0.15, 0.2) is 29.3 Å². The summed E-state index contributed by atoms with van der Waals surface area (Å²) in [6, 6.07) is 3.90. The third-order valence-corrected chi connectivity index (χ3v) is 6.00. The van der Waals surface area contributed by atoms with Gasteiger partial charge < -0.3 is 25.5 Å². The van der Waals surface area contributed by atoms with Crippen molar-refractivity contribution < 1.29 is 35.1 Å². The van der Waals surface area contributed by atoms with Gasteiger partial charge >= 0.3 is 0 Å². The first-order chi connectivity index (χ1) is 12.1. The van der Waals surface area contributed by atoms with Crippen LogP contribution in [0, 0.1) is 5.92 Å². The zero-order chi connectivity index (χ0) is 19.0. The Hall–Kier alpha value is -2.06. The number of benzene rings is 1. The van der Waals surface area contributed by atoms with Crippen molar-refractivity contribution in [2.45, 2.75) is 49.6 Å². The minimum Gasteiger partial charge on any atom is -0.508 e. The molecule has 1 aromatic carbocycles. The molecule has 0 fully saturated rings. The Bertz CT molecular complexity index is 873. The maximum absolute atomic E-state index is 13.2. The maximum atomic E-state index is 13.2. The smallest absolute Gasteiger partial charge is 0.202 e. The minimum absolute atomic E-state index is 0.0109. The molecule has 3 aliphatic rings. The summed E-state index contributed by atoms with van der Waals surface area (Å²) in [7, 11) is 0. The van der Waals surface area contributed by atoms with E-state index in [1.165, 1.54) is 18.2 Å². The first-order valence-corrected chi connectivity index (χ1v) is 8.57. The number of aliphatic hydroxyl groups excluding tert-OH is 2. The number of aliphatic hydroxyl groups is 4. The highest BCUT2D eigenvalue weighted by Gasteiger charge is 2.71. The number of ketones is 2. The van der Waals surface area contributed by atoms with E-state index in [0.29, 0.717) is 12.0 Å². The minimum atomic E-state index is -2.77. The molecular weight excluding hydrogens is 340 g/mol. The largest absolute Gasteiger partial charge is 0.508 e. The quantitative estimate of drug-likeness (QED) is 0.444. The lowest BCUT2D eigenvalue weighted by molar-refractivity contribution is -0.228. The number of hydrogen-bond donors (Lipinski definition) is 5. The van der Waals surface area contributed by atoms with Gasteiger partial charge in [-0.25, -0.2) is 0 Å². The monoisotopic (exact) mass is 360 g/mol.